The van der Waals surface area contributed by atoms with Gasteiger partial charge < -0.3 is 15.4 Å². The van der Waals surface area contributed by atoms with Crippen molar-refractivity contribution < 1.29 is 9.53 Å². The molecule has 4 nitrogen and oxygen atoms in total. The molecule has 0 radical (unpaired) electrons. The van der Waals surface area contributed by atoms with E-state index in [2.05, 4.69) is 6.92 Å². The molecule has 0 heterocycles. The molecule has 0 bridgehead atoms. The van der Waals surface area contributed by atoms with E-state index in [0.717, 1.165) is 12.8 Å². The fraction of sp³-hybridized carbons (Fsp3) is 0.588. The highest BCUT2D eigenvalue weighted by atomic mass is 16.5. The lowest BCUT2D eigenvalue weighted by Crippen LogP contribution is -2.22. The van der Waals surface area contributed by atoms with Gasteiger partial charge in [0.15, 0.2) is 0 Å². The molecular weight excluding hydrogens is 264 g/mol. The molecule has 0 saturated carbocycles. The Morgan fingerprint density at radius 2 is 2.00 bits per heavy atom. The number of nitrogen functional groups attached to an aromatic ring is 1. The van der Waals surface area contributed by atoms with E-state index in [4.69, 9.17) is 10.5 Å². The fourth-order valence-corrected chi connectivity index (χ4v) is 2.16. The molecule has 0 aliphatic heterocycles. The molecule has 118 valence electrons. The minimum Gasteiger partial charge on any atom is -0.489 e. The summed E-state index contributed by atoms with van der Waals surface area (Å²) in [6.07, 6.45) is 6.00. The van der Waals surface area contributed by atoms with Crippen molar-refractivity contribution in [2.75, 3.05) is 19.8 Å². The molecule has 1 aromatic rings. The van der Waals surface area contributed by atoms with Gasteiger partial charge in [0.2, 0.25) is 0 Å². The molecule has 1 aromatic carbocycles. The van der Waals surface area contributed by atoms with Crippen LogP contribution < -0.4 is 10.5 Å². The van der Waals surface area contributed by atoms with Gasteiger partial charge in [0.25, 0.3) is 5.91 Å². The maximum absolute atomic E-state index is 12.0. The highest BCUT2D eigenvalue weighted by Gasteiger charge is 2.13. The molecule has 2 N–H and O–H groups in total. The van der Waals surface area contributed by atoms with Crippen LogP contribution in [0.3, 0.4) is 0 Å². The number of carbonyl (C=O) groups excluding carboxylic acids is 1. The number of benzene rings is 1. The second-order valence-electron chi connectivity index (χ2n) is 5.73. The number of carbonyl (C=O) groups is 1. The summed E-state index contributed by atoms with van der Waals surface area (Å²) in [5.41, 5.74) is 7.11. The standard InChI is InChI=1S/C17H28N2O2/c1-5-6-7-8-9-13(2)21-16-12-14(10-11-15(16)18)17(20)19(3)4/h10-13H,5-9,18H2,1-4H3. The number of hydrogen-bond acceptors (Lipinski definition) is 3. The Morgan fingerprint density at radius 1 is 1.29 bits per heavy atom. The van der Waals surface area contributed by atoms with E-state index in [9.17, 15) is 4.79 Å². The van der Waals surface area contributed by atoms with Crippen molar-refractivity contribution >= 4 is 11.6 Å². The Bertz CT molecular complexity index is 458. The first-order chi connectivity index (χ1) is 9.95. The molecule has 1 unspecified atom stereocenters. The molecule has 1 amide bonds. The Hall–Kier alpha value is -1.71. The second-order valence-corrected chi connectivity index (χ2v) is 5.73. The molecule has 0 fully saturated rings. The predicted octanol–water partition coefficient (Wildman–Crippen LogP) is 3.71. The molecule has 0 aliphatic rings. The molecular formula is C17H28N2O2. The van der Waals surface area contributed by atoms with E-state index in [1.807, 2.05) is 6.92 Å². The van der Waals surface area contributed by atoms with Gasteiger partial charge in [0.1, 0.15) is 5.75 Å². The number of amides is 1. The van der Waals surface area contributed by atoms with Crippen molar-refractivity contribution in [3.05, 3.63) is 23.8 Å². The van der Waals surface area contributed by atoms with Gasteiger partial charge in [-0.05, 0) is 38.0 Å². The Kier molecular flexibility index (Phi) is 7.06. The van der Waals surface area contributed by atoms with Crippen LogP contribution in [0, 0.1) is 0 Å². The SMILES string of the molecule is CCCCCCC(C)Oc1cc(C(=O)N(C)C)ccc1N. The van der Waals surface area contributed by atoms with Crippen molar-refractivity contribution in [2.45, 2.75) is 52.1 Å². The van der Waals surface area contributed by atoms with Crippen molar-refractivity contribution in [3.63, 3.8) is 0 Å². The Balaban J connectivity index is 2.65. The summed E-state index contributed by atoms with van der Waals surface area (Å²) in [5.74, 6) is 0.557. The smallest absolute Gasteiger partial charge is 0.253 e. The number of hydrogen-bond donors (Lipinski definition) is 1. The predicted molar refractivity (Wildman–Crippen MR) is 87.7 cm³/mol. The van der Waals surface area contributed by atoms with Crippen LogP contribution >= 0.6 is 0 Å². The largest absolute Gasteiger partial charge is 0.489 e. The molecule has 4 heteroatoms. The van der Waals surface area contributed by atoms with Crippen LogP contribution in [0.25, 0.3) is 0 Å². The van der Waals surface area contributed by atoms with Crippen LogP contribution in [-0.2, 0) is 0 Å². The first-order valence-corrected chi connectivity index (χ1v) is 7.73. The molecule has 1 atom stereocenters. The van der Waals surface area contributed by atoms with E-state index in [1.54, 1.807) is 37.2 Å². The zero-order valence-corrected chi connectivity index (χ0v) is 13.7. The van der Waals surface area contributed by atoms with Crippen LogP contribution in [0.2, 0.25) is 0 Å². The lowest BCUT2D eigenvalue weighted by molar-refractivity contribution is 0.0827. The van der Waals surface area contributed by atoms with Gasteiger partial charge in [-0.1, -0.05) is 26.2 Å². The Labute approximate surface area is 128 Å². The quantitative estimate of drug-likeness (QED) is 0.587. The molecule has 0 aliphatic carbocycles. The monoisotopic (exact) mass is 292 g/mol. The van der Waals surface area contributed by atoms with Crippen molar-refractivity contribution in [1.82, 2.24) is 4.90 Å². The van der Waals surface area contributed by atoms with Crippen molar-refractivity contribution in [2.24, 2.45) is 0 Å². The van der Waals surface area contributed by atoms with Gasteiger partial charge >= 0.3 is 0 Å². The zero-order chi connectivity index (χ0) is 15.8. The minimum atomic E-state index is -0.0459. The number of rotatable bonds is 8. The fourth-order valence-electron chi connectivity index (χ4n) is 2.16. The van der Waals surface area contributed by atoms with Crippen LogP contribution in [0.1, 0.15) is 56.3 Å². The van der Waals surface area contributed by atoms with Crippen molar-refractivity contribution in [1.29, 1.82) is 0 Å². The average Bonchev–Trinajstić information content (AvgIpc) is 2.45. The highest BCUT2D eigenvalue weighted by molar-refractivity contribution is 5.94. The normalized spacial score (nSPS) is 12.0. The van der Waals surface area contributed by atoms with E-state index in [-0.39, 0.29) is 12.0 Å². The van der Waals surface area contributed by atoms with Crippen LogP contribution in [0.15, 0.2) is 18.2 Å². The van der Waals surface area contributed by atoms with Gasteiger partial charge in [0.05, 0.1) is 11.8 Å². The van der Waals surface area contributed by atoms with E-state index in [0.29, 0.717) is 17.0 Å². The molecule has 0 aromatic heterocycles. The molecule has 1 rings (SSSR count). The number of unbranched alkanes of at least 4 members (excludes halogenated alkanes) is 3. The summed E-state index contributed by atoms with van der Waals surface area (Å²) in [7, 11) is 3.46. The van der Waals surface area contributed by atoms with E-state index >= 15 is 0 Å². The number of anilines is 1. The van der Waals surface area contributed by atoms with Crippen molar-refractivity contribution in [3.8, 4) is 5.75 Å². The first kappa shape index (κ1) is 17.3. The van der Waals surface area contributed by atoms with Gasteiger partial charge in [-0.3, -0.25) is 4.79 Å². The van der Waals surface area contributed by atoms with E-state index < -0.39 is 0 Å². The third-order valence-corrected chi connectivity index (χ3v) is 3.46. The van der Waals surface area contributed by atoms with Crippen LogP contribution in [0.4, 0.5) is 5.69 Å². The van der Waals surface area contributed by atoms with Gasteiger partial charge in [0, 0.05) is 19.7 Å². The van der Waals surface area contributed by atoms with Gasteiger partial charge in [-0.25, -0.2) is 0 Å². The summed E-state index contributed by atoms with van der Waals surface area (Å²) < 4.78 is 5.90. The second kappa shape index (κ2) is 8.55. The zero-order valence-electron chi connectivity index (χ0n) is 13.7. The maximum Gasteiger partial charge on any atom is 0.253 e. The third kappa shape index (κ3) is 5.66. The molecule has 0 spiro atoms. The van der Waals surface area contributed by atoms with E-state index in [1.165, 1.54) is 19.3 Å². The Morgan fingerprint density at radius 3 is 2.62 bits per heavy atom. The lowest BCUT2D eigenvalue weighted by Gasteiger charge is -2.17. The number of nitrogens with two attached hydrogens (primary N) is 1. The molecule has 0 saturated heterocycles. The summed E-state index contributed by atoms with van der Waals surface area (Å²) in [5, 5.41) is 0. The topological polar surface area (TPSA) is 55.6 Å². The molecule has 21 heavy (non-hydrogen) atoms. The summed E-state index contributed by atoms with van der Waals surface area (Å²) in [6.45, 7) is 4.25. The van der Waals surface area contributed by atoms with Gasteiger partial charge in [-0.2, -0.15) is 0 Å². The summed E-state index contributed by atoms with van der Waals surface area (Å²) in [4.78, 5) is 13.5. The van der Waals surface area contributed by atoms with Crippen LogP contribution in [0.5, 0.6) is 5.75 Å². The van der Waals surface area contributed by atoms with Crippen LogP contribution in [-0.4, -0.2) is 31.0 Å². The van der Waals surface area contributed by atoms with Gasteiger partial charge in [-0.15, -0.1) is 0 Å². The number of ether oxygens (including phenoxy) is 1. The average molecular weight is 292 g/mol. The summed E-state index contributed by atoms with van der Waals surface area (Å²) >= 11 is 0. The minimum absolute atomic E-state index is 0.0459. The third-order valence-electron chi connectivity index (χ3n) is 3.46. The number of nitrogens with zero attached hydrogens (tertiary/aromatic N) is 1. The highest BCUT2D eigenvalue weighted by Crippen LogP contribution is 2.25. The lowest BCUT2D eigenvalue weighted by atomic mass is 10.1. The summed E-state index contributed by atoms with van der Waals surface area (Å²) in [6, 6.07) is 5.20. The maximum atomic E-state index is 12.0. The first-order valence-electron chi connectivity index (χ1n) is 7.73.